The van der Waals surface area contributed by atoms with Crippen LogP contribution in [0.4, 0.5) is 17.3 Å². The smallest absolute Gasteiger partial charge is 0.227 e. The molecule has 0 spiro atoms. The average molecular weight is 407 g/mol. The molecular weight excluding hydrogens is 384 g/mol. The van der Waals surface area contributed by atoms with Crippen molar-refractivity contribution in [2.75, 3.05) is 30.4 Å². The van der Waals surface area contributed by atoms with Gasteiger partial charge in [-0.3, -0.25) is 4.90 Å². The van der Waals surface area contributed by atoms with Crippen LogP contribution >= 0.6 is 11.6 Å². The van der Waals surface area contributed by atoms with Crippen molar-refractivity contribution in [2.24, 2.45) is 0 Å². The number of likely N-dealkylation sites (tertiary alicyclic amines) is 1. The van der Waals surface area contributed by atoms with Gasteiger partial charge in [-0.05, 0) is 62.4 Å². The molecule has 29 heavy (non-hydrogen) atoms. The molecular formula is C22H23ClN6. The molecule has 0 unspecified atom stereocenters. The maximum Gasteiger partial charge on any atom is 0.227 e. The van der Waals surface area contributed by atoms with Gasteiger partial charge < -0.3 is 10.2 Å². The Morgan fingerprint density at radius 2 is 1.97 bits per heavy atom. The summed E-state index contributed by atoms with van der Waals surface area (Å²) in [6.45, 7) is 4.45. The van der Waals surface area contributed by atoms with Gasteiger partial charge >= 0.3 is 0 Å². The van der Waals surface area contributed by atoms with E-state index in [1.807, 2.05) is 12.1 Å². The third-order valence-corrected chi connectivity index (χ3v) is 6.18. The first-order valence-corrected chi connectivity index (χ1v) is 10.2. The molecule has 0 radical (unpaired) electrons. The van der Waals surface area contributed by atoms with Crippen LogP contribution in [0.5, 0.6) is 0 Å². The summed E-state index contributed by atoms with van der Waals surface area (Å²) in [5.41, 5.74) is 5.29. The number of nitrogens with zero attached hydrogens (tertiary/aromatic N) is 5. The number of hydrogen-bond donors (Lipinski definition) is 1. The molecule has 3 aromatic rings. The van der Waals surface area contributed by atoms with Crippen molar-refractivity contribution in [3.63, 3.8) is 0 Å². The third kappa shape index (κ3) is 3.54. The minimum atomic E-state index is 0.467. The number of rotatable bonds is 4. The zero-order valence-corrected chi connectivity index (χ0v) is 17.3. The van der Waals surface area contributed by atoms with Gasteiger partial charge in [0, 0.05) is 54.5 Å². The molecule has 2 bridgehead atoms. The largest absolute Gasteiger partial charge is 0.365 e. The quantitative estimate of drug-likeness (QED) is 0.657. The summed E-state index contributed by atoms with van der Waals surface area (Å²) < 4.78 is 0. The third-order valence-electron chi connectivity index (χ3n) is 5.96. The molecule has 148 valence electrons. The van der Waals surface area contributed by atoms with Crippen LogP contribution in [0, 0.1) is 6.92 Å². The highest BCUT2D eigenvalue weighted by atomic mass is 35.5. The Morgan fingerprint density at radius 1 is 1.07 bits per heavy atom. The standard InChI is InChI=1S/C22H23ClN6/c1-14-9-16(4-5-20(14)29-13-17-10-18(29)12-28(17)2)26-22-24-8-7-19(27-22)15-3-6-21(23)25-11-15/h3-9,11,17-18H,10,12-13H2,1-2H3,(H,24,26,27)/t17-,18-/m0/s1. The summed E-state index contributed by atoms with van der Waals surface area (Å²) in [6, 6.07) is 13.3. The summed E-state index contributed by atoms with van der Waals surface area (Å²) in [5.74, 6) is 0.562. The molecule has 2 aliphatic heterocycles. The summed E-state index contributed by atoms with van der Waals surface area (Å²) in [6.07, 6.45) is 4.74. The molecule has 2 fully saturated rings. The van der Waals surface area contributed by atoms with Gasteiger partial charge in [0.25, 0.3) is 0 Å². The van der Waals surface area contributed by atoms with E-state index in [9.17, 15) is 0 Å². The van der Waals surface area contributed by atoms with E-state index in [0.29, 0.717) is 23.2 Å². The molecule has 2 saturated heterocycles. The summed E-state index contributed by atoms with van der Waals surface area (Å²) in [7, 11) is 2.23. The fraction of sp³-hybridized carbons (Fsp3) is 0.318. The van der Waals surface area contributed by atoms with Crippen molar-refractivity contribution >= 4 is 28.9 Å². The lowest BCUT2D eigenvalue weighted by Crippen LogP contribution is -2.44. The monoisotopic (exact) mass is 406 g/mol. The van der Waals surface area contributed by atoms with Crippen LogP contribution in [0.25, 0.3) is 11.3 Å². The highest BCUT2D eigenvalue weighted by Gasteiger charge is 2.41. The van der Waals surface area contributed by atoms with Gasteiger partial charge in [-0.2, -0.15) is 0 Å². The zero-order chi connectivity index (χ0) is 20.0. The Balaban J connectivity index is 1.34. The van der Waals surface area contributed by atoms with Crippen molar-refractivity contribution in [2.45, 2.75) is 25.4 Å². The van der Waals surface area contributed by atoms with E-state index in [-0.39, 0.29) is 0 Å². The maximum absolute atomic E-state index is 5.88. The van der Waals surface area contributed by atoms with E-state index in [1.54, 1.807) is 18.5 Å². The number of aromatic nitrogens is 3. The Hall–Kier alpha value is -2.70. The first-order chi connectivity index (χ1) is 14.1. The van der Waals surface area contributed by atoms with Gasteiger partial charge in [-0.25, -0.2) is 15.0 Å². The van der Waals surface area contributed by atoms with Gasteiger partial charge in [0.15, 0.2) is 0 Å². The van der Waals surface area contributed by atoms with Crippen LogP contribution in [0.3, 0.4) is 0 Å². The molecule has 0 amide bonds. The number of hydrogen-bond acceptors (Lipinski definition) is 6. The molecule has 1 N–H and O–H groups in total. The first-order valence-electron chi connectivity index (χ1n) is 9.86. The first kappa shape index (κ1) is 18.3. The maximum atomic E-state index is 5.88. The van der Waals surface area contributed by atoms with Crippen LogP contribution in [-0.2, 0) is 0 Å². The highest BCUT2D eigenvalue weighted by molar-refractivity contribution is 6.29. The van der Waals surface area contributed by atoms with Crippen molar-refractivity contribution in [3.05, 3.63) is 59.5 Å². The number of likely N-dealkylation sites (N-methyl/N-ethyl adjacent to an activating group) is 1. The molecule has 2 aromatic heterocycles. The summed E-state index contributed by atoms with van der Waals surface area (Å²) in [5, 5.41) is 3.80. The Bertz CT molecular complexity index is 1040. The molecule has 4 heterocycles. The van der Waals surface area contributed by atoms with Gasteiger partial charge in [-0.15, -0.1) is 0 Å². The Labute approximate surface area is 175 Å². The molecule has 5 rings (SSSR count). The van der Waals surface area contributed by atoms with Crippen LogP contribution in [0.2, 0.25) is 5.15 Å². The van der Waals surface area contributed by atoms with Crippen LogP contribution < -0.4 is 10.2 Å². The number of pyridine rings is 1. The average Bonchev–Trinajstić information content (AvgIpc) is 3.28. The van der Waals surface area contributed by atoms with Crippen molar-refractivity contribution in [1.82, 2.24) is 19.9 Å². The van der Waals surface area contributed by atoms with Gasteiger partial charge in [0.2, 0.25) is 5.95 Å². The molecule has 0 aliphatic carbocycles. The van der Waals surface area contributed by atoms with Crippen molar-refractivity contribution < 1.29 is 0 Å². The molecule has 2 aliphatic rings. The van der Waals surface area contributed by atoms with Crippen LogP contribution in [0.1, 0.15) is 12.0 Å². The number of fused-ring (bicyclic) bond motifs is 2. The van der Waals surface area contributed by atoms with Gasteiger partial charge in [0.1, 0.15) is 5.15 Å². The lowest BCUT2D eigenvalue weighted by Gasteiger charge is -2.34. The molecule has 7 heteroatoms. The fourth-order valence-electron chi connectivity index (χ4n) is 4.45. The number of aryl methyl sites for hydroxylation is 1. The number of benzene rings is 1. The predicted molar refractivity (Wildman–Crippen MR) is 117 cm³/mol. The fourth-order valence-corrected chi connectivity index (χ4v) is 4.56. The van der Waals surface area contributed by atoms with E-state index in [2.05, 4.69) is 62.2 Å². The van der Waals surface area contributed by atoms with Crippen molar-refractivity contribution in [1.29, 1.82) is 0 Å². The second-order valence-electron chi connectivity index (χ2n) is 7.90. The topological polar surface area (TPSA) is 57.2 Å². The predicted octanol–water partition coefficient (Wildman–Crippen LogP) is 4.14. The molecule has 1 aromatic carbocycles. The minimum Gasteiger partial charge on any atom is -0.365 e. The van der Waals surface area contributed by atoms with E-state index in [0.717, 1.165) is 30.0 Å². The normalized spacial score (nSPS) is 21.0. The highest BCUT2D eigenvalue weighted by Crippen LogP contribution is 2.36. The lowest BCUT2D eigenvalue weighted by molar-refractivity contribution is 0.292. The second kappa shape index (κ2) is 7.28. The molecule has 2 atom stereocenters. The zero-order valence-electron chi connectivity index (χ0n) is 16.5. The number of piperazine rings is 1. The second-order valence-corrected chi connectivity index (χ2v) is 8.28. The van der Waals surface area contributed by atoms with E-state index in [1.165, 1.54) is 17.7 Å². The molecule has 0 saturated carbocycles. The van der Waals surface area contributed by atoms with Crippen molar-refractivity contribution in [3.8, 4) is 11.3 Å². The Morgan fingerprint density at radius 3 is 2.66 bits per heavy atom. The Kier molecular flexibility index (Phi) is 4.60. The van der Waals surface area contributed by atoms with E-state index < -0.39 is 0 Å². The van der Waals surface area contributed by atoms with E-state index in [4.69, 9.17) is 11.6 Å². The SMILES string of the molecule is Cc1cc(Nc2nccc(-c3ccc(Cl)nc3)n2)ccc1N1C[C@@H]2C[C@H]1CN2C. The number of anilines is 3. The lowest BCUT2D eigenvalue weighted by atomic mass is 10.1. The number of nitrogens with one attached hydrogen (secondary N) is 1. The molecule has 6 nitrogen and oxygen atoms in total. The van der Waals surface area contributed by atoms with Crippen LogP contribution in [0.15, 0.2) is 48.8 Å². The van der Waals surface area contributed by atoms with Gasteiger partial charge in [0.05, 0.1) is 5.69 Å². The summed E-state index contributed by atoms with van der Waals surface area (Å²) >= 11 is 5.88. The van der Waals surface area contributed by atoms with Gasteiger partial charge in [-0.1, -0.05) is 11.6 Å². The van der Waals surface area contributed by atoms with E-state index >= 15 is 0 Å². The number of halogens is 1. The summed E-state index contributed by atoms with van der Waals surface area (Å²) in [4.78, 5) is 18.1. The minimum absolute atomic E-state index is 0.467. The van der Waals surface area contributed by atoms with Crippen LogP contribution in [-0.4, -0.2) is 52.1 Å².